The third kappa shape index (κ3) is 1.61. The number of fused-ring (bicyclic) bond motifs is 1. The lowest BCUT2D eigenvalue weighted by atomic mass is 10.2. The molecule has 0 bridgehead atoms. The van der Waals surface area contributed by atoms with Crippen molar-refractivity contribution in [1.29, 1.82) is 0 Å². The summed E-state index contributed by atoms with van der Waals surface area (Å²) in [5.74, 6) is 0.969. The molecule has 0 spiro atoms. The summed E-state index contributed by atoms with van der Waals surface area (Å²) < 4.78 is 2.22. The van der Waals surface area contributed by atoms with E-state index in [1.54, 1.807) is 11.3 Å². The van der Waals surface area contributed by atoms with Crippen LogP contribution in [0.25, 0.3) is 22.4 Å². The van der Waals surface area contributed by atoms with E-state index in [1.807, 2.05) is 11.4 Å². The van der Waals surface area contributed by atoms with E-state index in [9.17, 15) is 0 Å². The van der Waals surface area contributed by atoms with Crippen LogP contribution in [0.3, 0.4) is 0 Å². The van der Waals surface area contributed by atoms with Gasteiger partial charge in [-0.1, -0.05) is 6.07 Å². The molecule has 0 aliphatic carbocycles. The summed E-state index contributed by atoms with van der Waals surface area (Å²) in [5, 5.41) is 2.84. The maximum Gasteiger partial charge on any atom is 0.144 e. The number of anilines is 1. The zero-order valence-electron chi connectivity index (χ0n) is 10.5. The third-order valence-electron chi connectivity index (χ3n) is 3.16. The average Bonchev–Trinajstić information content (AvgIpc) is 2.91. The summed E-state index contributed by atoms with van der Waals surface area (Å²) >= 11 is 1.56. The summed E-state index contributed by atoms with van der Waals surface area (Å²) in [7, 11) is 0. The van der Waals surface area contributed by atoms with Crippen molar-refractivity contribution >= 4 is 27.4 Å². The molecule has 4 heteroatoms. The van der Waals surface area contributed by atoms with E-state index in [1.165, 1.54) is 11.1 Å². The summed E-state index contributed by atoms with van der Waals surface area (Å²) in [4.78, 5) is 4.74. The van der Waals surface area contributed by atoms with E-state index >= 15 is 0 Å². The van der Waals surface area contributed by atoms with Gasteiger partial charge < -0.3 is 10.3 Å². The Morgan fingerprint density at radius 2 is 2.17 bits per heavy atom. The Kier molecular flexibility index (Phi) is 2.59. The van der Waals surface area contributed by atoms with E-state index < -0.39 is 0 Å². The monoisotopic (exact) mass is 257 g/mol. The van der Waals surface area contributed by atoms with Crippen LogP contribution >= 0.6 is 11.3 Å². The number of rotatable bonds is 2. The lowest BCUT2D eigenvalue weighted by Gasteiger charge is -2.05. The van der Waals surface area contributed by atoms with Crippen molar-refractivity contribution in [1.82, 2.24) is 9.55 Å². The fourth-order valence-electron chi connectivity index (χ4n) is 2.27. The second-order valence-corrected chi connectivity index (χ2v) is 5.32. The van der Waals surface area contributed by atoms with E-state index in [4.69, 9.17) is 10.7 Å². The Bertz CT molecular complexity index is 709. The van der Waals surface area contributed by atoms with E-state index in [0.717, 1.165) is 28.5 Å². The van der Waals surface area contributed by atoms with Crippen molar-refractivity contribution in [3.63, 3.8) is 0 Å². The smallest absolute Gasteiger partial charge is 0.144 e. The maximum absolute atomic E-state index is 6.01. The number of hydrogen-bond donors (Lipinski definition) is 1. The molecular formula is C14H15N3S. The number of imidazole rings is 1. The number of thiophene rings is 1. The molecule has 2 heterocycles. The van der Waals surface area contributed by atoms with Crippen LogP contribution in [-0.2, 0) is 6.54 Å². The van der Waals surface area contributed by atoms with Crippen molar-refractivity contribution in [2.24, 2.45) is 0 Å². The van der Waals surface area contributed by atoms with E-state index in [2.05, 4.69) is 36.6 Å². The Morgan fingerprint density at radius 1 is 1.33 bits per heavy atom. The van der Waals surface area contributed by atoms with E-state index in [-0.39, 0.29) is 0 Å². The predicted molar refractivity (Wildman–Crippen MR) is 77.9 cm³/mol. The van der Waals surface area contributed by atoms with Gasteiger partial charge in [-0.05, 0) is 43.0 Å². The van der Waals surface area contributed by atoms with Gasteiger partial charge in [0, 0.05) is 6.54 Å². The van der Waals surface area contributed by atoms with Crippen molar-refractivity contribution < 1.29 is 0 Å². The van der Waals surface area contributed by atoms with Crippen LogP contribution in [0.5, 0.6) is 0 Å². The third-order valence-corrected chi connectivity index (χ3v) is 3.90. The molecule has 18 heavy (non-hydrogen) atoms. The van der Waals surface area contributed by atoms with Gasteiger partial charge in [-0.2, -0.15) is 0 Å². The van der Waals surface area contributed by atoms with Gasteiger partial charge in [0.2, 0.25) is 0 Å². The molecule has 3 aromatic rings. The average molecular weight is 257 g/mol. The highest BCUT2D eigenvalue weighted by Gasteiger charge is 2.14. The topological polar surface area (TPSA) is 43.8 Å². The van der Waals surface area contributed by atoms with Gasteiger partial charge in [0.15, 0.2) is 0 Å². The number of aryl methyl sites for hydroxylation is 2. The standard InChI is InChI=1S/C14H15N3S/c1-3-17-12-5-4-9(2)8-11(12)16-14(17)10-6-7-18-13(10)15/h4-8H,3,15H2,1-2H3. The first-order valence-corrected chi connectivity index (χ1v) is 6.89. The van der Waals surface area contributed by atoms with Crippen LogP contribution < -0.4 is 5.73 Å². The molecule has 0 atom stereocenters. The second-order valence-electron chi connectivity index (χ2n) is 4.37. The maximum atomic E-state index is 6.01. The molecule has 3 nitrogen and oxygen atoms in total. The van der Waals surface area contributed by atoms with Crippen molar-refractivity contribution in [2.75, 3.05) is 5.73 Å². The van der Waals surface area contributed by atoms with Gasteiger partial charge in [-0.15, -0.1) is 11.3 Å². The first-order chi connectivity index (χ1) is 8.70. The van der Waals surface area contributed by atoms with Crippen molar-refractivity contribution in [3.8, 4) is 11.4 Å². The molecule has 0 aliphatic heterocycles. The minimum absolute atomic E-state index is 0.830. The number of hydrogen-bond acceptors (Lipinski definition) is 3. The lowest BCUT2D eigenvalue weighted by Crippen LogP contribution is -1.98. The normalized spacial score (nSPS) is 11.2. The number of nitrogens with two attached hydrogens (primary N) is 1. The Morgan fingerprint density at radius 3 is 2.83 bits per heavy atom. The van der Waals surface area contributed by atoms with Gasteiger partial charge in [0.05, 0.1) is 21.6 Å². The number of benzene rings is 1. The Balaban J connectivity index is 2.32. The molecule has 0 saturated heterocycles. The van der Waals surface area contributed by atoms with Crippen molar-refractivity contribution in [2.45, 2.75) is 20.4 Å². The van der Waals surface area contributed by atoms with Gasteiger partial charge in [0.1, 0.15) is 5.82 Å². The fourth-order valence-corrected chi connectivity index (χ4v) is 2.91. The van der Waals surface area contributed by atoms with Crippen LogP contribution in [-0.4, -0.2) is 9.55 Å². The fraction of sp³-hybridized carbons (Fsp3) is 0.214. The van der Waals surface area contributed by atoms with Crippen LogP contribution in [0.15, 0.2) is 29.6 Å². The minimum Gasteiger partial charge on any atom is -0.390 e. The number of nitrogen functional groups attached to an aromatic ring is 1. The second kappa shape index (κ2) is 4.14. The van der Waals surface area contributed by atoms with Crippen LogP contribution in [0.4, 0.5) is 5.00 Å². The van der Waals surface area contributed by atoms with E-state index in [0.29, 0.717) is 0 Å². The summed E-state index contributed by atoms with van der Waals surface area (Å²) in [6, 6.07) is 8.41. The molecular weight excluding hydrogens is 242 g/mol. The van der Waals surface area contributed by atoms with Gasteiger partial charge in [-0.25, -0.2) is 4.98 Å². The quantitative estimate of drug-likeness (QED) is 0.761. The van der Waals surface area contributed by atoms with Gasteiger partial charge >= 0.3 is 0 Å². The Labute approximate surface area is 110 Å². The number of aromatic nitrogens is 2. The summed E-state index contributed by atoms with van der Waals surface area (Å²) in [5.41, 5.74) is 10.5. The highest BCUT2D eigenvalue weighted by atomic mass is 32.1. The van der Waals surface area contributed by atoms with Gasteiger partial charge in [-0.3, -0.25) is 0 Å². The molecule has 2 aromatic heterocycles. The molecule has 1 aromatic carbocycles. The zero-order valence-corrected chi connectivity index (χ0v) is 11.3. The van der Waals surface area contributed by atoms with Gasteiger partial charge in [0.25, 0.3) is 0 Å². The highest BCUT2D eigenvalue weighted by Crippen LogP contribution is 2.32. The molecule has 0 saturated carbocycles. The lowest BCUT2D eigenvalue weighted by molar-refractivity contribution is 0.797. The SMILES string of the molecule is CCn1c(-c2ccsc2N)nc2cc(C)ccc21. The van der Waals surface area contributed by atoms with Crippen molar-refractivity contribution in [3.05, 3.63) is 35.2 Å². The zero-order chi connectivity index (χ0) is 12.7. The van der Waals surface area contributed by atoms with Crippen LogP contribution in [0, 0.1) is 6.92 Å². The molecule has 0 unspecified atom stereocenters. The van der Waals surface area contributed by atoms with Crippen LogP contribution in [0.1, 0.15) is 12.5 Å². The molecule has 0 aliphatic rings. The predicted octanol–water partition coefficient (Wildman–Crippen LogP) is 3.68. The molecule has 3 rings (SSSR count). The largest absolute Gasteiger partial charge is 0.390 e. The first-order valence-electron chi connectivity index (χ1n) is 6.01. The molecule has 0 radical (unpaired) electrons. The molecule has 0 fully saturated rings. The van der Waals surface area contributed by atoms with Crippen LogP contribution in [0.2, 0.25) is 0 Å². The molecule has 92 valence electrons. The highest BCUT2D eigenvalue weighted by molar-refractivity contribution is 7.14. The first kappa shape index (κ1) is 11.3. The number of nitrogens with zero attached hydrogens (tertiary/aromatic N) is 2. The Hall–Kier alpha value is -1.81. The molecule has 2 N–H and O–H groups in total. The minimum atomic E-state index is 0.830. The molecule has 0 amide bonds. The summed E-state index contributed by atoms with van der Waals surface area (Å²) in [6.45, 7) is 5.11. The summed E-state index contributed by atoms with van der Waals surface area (Å²) in [6.07, 6.45) is 0.